The molecular weight excluding hydrogens is 640 g/mol. The highest BCUT2D eigenvalue weighted by molar-refractivity contribution is 5.80. The first-order chi connectivity index (χ1) is 24.9. The van der Waals surface area contributed by atoms with Crippen molar-refractivity contribution in [2.45, 2.75) is 64.0 Å². The Hall–Kier alpha value is -5.12. The number of carbonyl (C=O) groups is 2. The Kier molecular flexibility index (Phi) is 12.4. The molecule has 1 aliphatic rings. The molecule has 1 heterocycles. The van der Waals surface area contributed by atoms with Crippen LogP contribution in [0.2, 0.25) is 0 Å². The molecule has 0 saturated carbocycles. The van der Waals surface area contributed by atoms with Gasteiger partial charge in [-0.25, -0.2) is 0 Å². The van der Waals surface area contributed by atoms with Crippen LogP contribution < -0.4 is 5.32 Å². The van der Waals surface area contributed by atoms with E-state index >= 15 is 0 Å². The molecule has 0 unspecified atom stereocenters. The summed E-state index contributed by atoms with van der Waals surface area (Å²) in [4.78, 5) is 25.4. The molecule has 0 aromatic heterocycles. The van der Waals surface area contributed by atoms with E-state index in [0.29, 0.717) is 19.5 Å². The second-order valence-electron chi connectivity index (χ2n) is 13.0. The smallest absolute Gasteiger partial charge is 0.303 e. The zero-order valence-corrected chi connectivity index (χ0v) is 28.6. The highest BCUT2D eigenvalue weighted by atomic mass is 16.7. The summed E-state index contributed by atoms with van der Waals surface area (Å²) in [6.07, 6.45) is -0.531. The molecule has 0 spiro atoms. The van der Waals surface area contributed by atoms with E-state index in [0.717, 1.165) is 46.5 Å². The molecule has 1 amide bonds. The third-order valence-corrected chi connectivity index (χ3v) is 9.05. The zero-order valence-electron chi connectivity index (χ0n) is 28.6. The summed E-state index contributed by atoms with van der Waals surface area (Å²) in [5.74, 6) is -1.29. The van der Waals surface area contributed by atoms with Crippen LogP contribution in [0.3, 0.4) is 0 Å². The minimum absolute atomic E-state index is 0.0147. The van der Waals surface area contributed by atoms with Crippen LogP contribution in [0.1, 0.15) is 65.0 Å². The number of carboxylic acids is 1. The highest BCUT2D eigenvalue weighted by Crippen LogP contribution is 2.39. The Labute approximate surface area is 299 Å². The largest absolute Gasteiger partial charge is 0.481 e. The predicted octanol–water partition coefficient (Wildman–Crippen LogP) is 7.57. The summed E-state index contributed by atoms with van der Waals surface area (Å²) in [5, 5.41) is 21.3. The topological polar surface area (TPSA) is 108 Å². The van der Waals surface area contributed by atoms with E-state index in [9.17, 15) is 14.7 Å². The number of amides is 1. The molecule has 3 atom stereocenters. The maximum absolute atomic E-state index is 12.1. The average molecular weight is 685 g/mol. The van der Waals surface area contributed by atoms with Gasteiger partial charge in [0.1, 0.15) is 0 Å². The van der Waals surface area contributed by atoms with Crippen molar-refractivity contribution in [1.29, 1.82) is 0 Å². The molecule has 8 nitrogen and oxygen atoms in total. The molecule has 3 N–H and O–H groups in total. The SMILES string of the molecule is O=C(O)CCC(=O)NCc1cccc(-c2cccc([C@H]3O[C@@H](CN(Cc4ccccc4)Cc4ccccc4)C[C@@H](c4ccc(CO)cc4)O3)c2)c1. The summed E-state index contributed by atoms with van der Waals surface area (Å²) in [5.41, 5.74) is 8.15. The van der Waals surface area contributed by atoms with Gasteiger partial charge in [0.05, 0.1) is 25.2 Å². The first kappa shape index (κ1) is 35.7. The number of rotatable bonds is 15. The Morgan fingerprint density at radius 2 is 1.29 bits per heavy atom. The Morgan fingerprint density at radius 1 is 0.667 bits per heavy atom. The van der Waals surface area contributed by atoms with E-state index in [-0.39, 0.29) is 37.6 Å². The highest BCUT2D eigenvalue weighted by Gasteiger charge is 2.33. The van der Waals surface area contributed by atoms with Crippen LogP contribution in [-0.2, 0) is 45.3 Å². The first-order valence-electron chi connectivity index (χ1n) is 17.4. The molecule has 1 aliphatic heterocycles. The van der Waals surface area contributed by atoms with Crippen molar-refractivity contribution < 1.29 is 29.3 Å². The summed E-state index contributed by atoms with van der Waals surface area (Å²) < 4.78 is 13.5. The molecule has 5 aromatic carbocycles. The van der Waals surface area contributed by atoms with E-state index in [4.69, 9.17) is 14.6 Å². The van der Waals surface area contributed by atoms with Crippen molar-refractivity contribution in [3.05, 3.63) is 167 Å². The fourth-order valence-electron chi connectivity index (χ4n) is 6.42. The molecule has 0 radical (unpaired) electrons. The van der Waals surface area contributed by atoms with Crippen LogP contribution in [-0.4, -0.2) is 39.6 Å². The van der Waals surface area contributed by atoms with Crippen molar-refractivity contribution >= 4 is 11.9 Å². The number of aliphatic hydroxyl groups excluding tert-OH is 1. The zero-order chi connectivity index (χ0) is 35.4. The molecule has 262 valence electrons. The number of hydrogen-bond acceptors (Lipinski definition) is 6. The maximum atomic E-state index is 12.1. The Morgan fingerprint density at radius 3 is 1.94 bits per heavy atom. The quantitative estimate of drug-likeness (QED) is 0.104. The van der Waals surface area contributed by atoms with Crippen molar-refractivity contribution in [1.82, 2.24) is 10.2 Å². The van der Waals surface area contributed by atoms with Crippen LogP contribution >= 0.6 is 0 Å². The van der Waals surface area contributed by atoms with E-state index in [1.165, 1.54) is 11.1 Å². The molecule has 8 heteroatoms. The van der Waals surface area contributed by atoms with Crippen LogP contribution in [0.25, 0.3) is 11.1 Å². The number of ether oxygens (including phenoxy) is 2. The summed E-state index contributed by atoms with van der Waals surface area (Å²) in [6.45, 7) is 2.56. The molecular formula is C43H44N2O6. The van der Waals surface area contributed by atoms with E-state index in [1.54, 1.807) is 0 Å². The van der Waals surface area contributed by atoms with E-state index in [1.807, 2.05) is 78.9 Å². The lowest BCUT2D eigenvalue weighted by atomic mass is 9.98. The van der Waals surface area contributed by atoms with E-state index in [2.05, 4.69) is 64.8 Å². The monoisotopic (exact) mass is 684 g/mol. The number of nitrogens with zero attached hydrogens (tertiary/aromatic N) is 1. The lowest BCUT2D eigenvalue weighted by Crippen LogP contribution is -2.39. The van der Waals surface area contributed by atoms with Gasteiger partial charge in [-0.2, -0.15) is 0 Å². The standard InChI is InChI=1S/C43H44N2O6/c46-30-33-17-19-35(20-18-33)40-25-39(29-45(27-31-9-3-1-4-10-31)28-32-11-5-2-6-12-32)50-43(51-40)38-16-8-15-37(24-38)36-14-7-13-34(23-36)26-44-41(47)21-22-42(48)49/h1-20,23-24,39-40,43,46H,21-22,25-30H2,(H,44,47)(H,48,49)/t39-,40+,43+/m1/s1. The lowest BCUT2D eigenvalue weighted by Gasteiger charge is -2.38. The number of hydrogen-bond donors (Lipinski definition) is 3. The average Bonchev–Trinajstić information content (AvgIpc) is 3.17. The Bertz CT molecular complexity index is 1820. The van der Waals surface area contributed by atoms with Crippen molar-refractivity contribution in [3.63, 3.8) is 0 Å². The van der Waals surface area contributed by atoms with Gasteiger partial charge in [-0.05, 0) is 51.1 Å². The van der Waals surface area contributed by atoms with Crippen molar-refractivity contribution in [2.75, 3.05) is 6.54 Å². The van der Waals surface area contributed by atoms with Crippen LogP contribution in [0, 0.1) is 0 Å². The van der Waals surface area contributed by atoms with Gasteiger partial charge in [0, 0.05) is 44.6 Å². The third-order valence-electron chi connectivity index (χ3n) is 9.05. The third kappa shape index (κ3) is 10.4. The van der Waals surface area contributed by atoms with Crippen LogP contribution in [0.4, 0.5) is 0 Å². The minimum atomic E-state index is -0.994. The van der Waals surface area contributed by atoms with Gasteiger partial charge >= 0.3 is 5.97 Å². The molecule has 1 fully saturated rings. The number of benzene rings is 5. The first-order valence-corrected chi connectivity index (χ1v) is 17.4. The van der Waals surface area contributed by atoms with Gasteiger partial charge in [-0.15, -0.1) is 0 Å². The number of aliphatic carboxylic acids is 1. The van der Waals surface area contributed by atoms with Crippen LogP contribution in [0.5, 0.6) is 0 Å². The predicted molar refractivity (Wildman–Crippen MR) is 196 cm³/mol. The molecule has 0 bridgehead atoms. The summed E-state index contributed by atoms with van der Waals surface area (Å²) in [6, 6.07) is 45.1. The summed E-state index contributed by atoms with van der Waals surface area (Å²) in [7, 11) is 0. The minimum Gasteiger partial charge on any atom is -0.481 e. The second kappa shape index (κ2) is 17.7. The number of carboxylic acid groups (broad SMARTS) is 1. The second-order valence-corrected chi connectivity index (χ2v) is 13.0. The molecule has 6 rings (SSSR count). The van der Waals surface area contributed by atoms with Crippen molar-refractivity contribution in [2.24, 2.45) is 0 Å². The summed E-state index contributed by atoms with van der Waals surface area (Å²) >= 11 is 0. The number of nitrogens with one attached hydrogen (secondary N) is 1. The fraction of sp³-hybridized carbons (Fsp3) is 0.256. The van der Waals surface area contributed by atoms with Gasteiger partial charge in [-0.3, -0.25) is 14.5 Å². The normalized spacial score (nSPS) is 17.3. The van der Waals surface area contributed by atoms with Gasteiger partial charge in [-0.1, -0.05) is 121 Å². The molecule has 0 aliphatic carbocycles. The Balaban J connectivity index is 1.23. The number of carbonyl (C=O) groups excluding carboxylic acids is 1. The van der Waals surface area contributed by atoms with Gasteiger partial charge in [0.2, 0.25) is 5.91 Å². The number of aliphatic hydroxyl groups is 1. The van der Waals surface area contributed by atoms with Gasteiger partial charge < -0.3 is 25.0 Å². The van der Waals surface area contributed by atoms with Gasteiger partial charge in [0.15, 0.2) is 6.29 Å². The van der Waals surface area contributed by atoms with Crippen molar-refractivity contribution in [3.8, 4) is 11.1 Å². The maximum Gasteiger partial charge on any atom is 0.303 e. The fourth-order valence-corrected chi connectivity index (χ4v) is 6.42. The van der Waals surface area contributed by atoms with Crippen LogP contribution in [0.15, 0.2) is 133 Å². The molecule has 51 heavy (non-hydrogen) atoms. The van der Waals surface area contributed by atoms with E-state index < -0.39 is 12.3 Å². The lowest BCUT2D eigenvalue weighted by molar-refractivity contribution is -0.253. The molecule has 5 aromatic rings. The van der Waals surface area contributed by atoms with Gasteiger partial charge in [0.25, 0.3) is 0 Å². The molecule has 1 saturated heterocycles.